The van der Waals surface area contributed by atoms with E-state index >= 15 is 0 Å². The molecule has 0 amide bonds. The third-order valence-electron chi connectivity index (χ3n) is 1.96. The van der Waals surface area contributed by atoms with Crippen molar-refractivity contribution in [3.05, 3.63) is 29.3 Å². The van der Waals surface area contributed by atoms with Gasteiger partial charge in [-0.05, 0) is 12.1 Å². The lowest BCUT2D eigenvalue weighted by Gasteiger charge is -2.08. The molecular formula is C9H7F4NO4S. The third kappa shape index (κ3) is 3.64. The Bertz CT molecular complexity index is 602. The van der Waals surface area contributed by atoms with Crippen molar-refractivity contribution < 1.29 is 35.9 Å². The molecule has 0 spiro atoms. The second-order valence-corrected chi connectivity index (χ2v) is 5.05. The van der Waals surface area contributed by atoms with Crippen LogP contribution in [0.1, 0.15) is 10.4 Å². The van der Waals surface area contributed by atoms with E-state index in [0.29, 0.717) is 6.07 Å². The second kappa shape index (κ2) is 5.53. The normalized spacial score (nSPS) is 11.8. The summed E-state index contributed by atoms with van der Waals surface area (Å²) in [5.74, 6) is -5.24. The van der Waals surface area contributed by atoms with Gasteiger partial charge in [0.1, 0.15) is 4.90 Å². The van der Waals surface area contributed by atoms with Crippen molar-refractivity contribution in [3.8, 4) is 0 Å². The predicted molar refractivity (Wildman–Crippen MR) is 54.5 cm³/mol. The van der Waals surface area contributed by atoms with Crippen molar-refractivity contribution in [3.63, 3.8) is 0 Å². The Morgan fingerprint density at radius 3 is 2.37 bits per heavy atom. The number of benzene rings is 1. The van der Waals surface area contributed by atoms with E-state index in [1.807, 2.05) is 0 Å². The molecule has 1 aromatic carbocycles. The summed E-state index contributed by atoms with van der Waals surface area (Å²) < 4.78 is 74.3. The molecule has 0 saturated heterocycles. The Labute approximate surface area is 104 Å². The summed E-state index contributed by atoms with van der Waals surface area (Å²) in [6, 6.07) is 0.623. The van der Waals surface area contributed by atoms with Gasteiger partial charge in [-0.15, -0.1) is 0 Å². The van der Waals surface area contributed by atoms with Crippen LogP contribution < -0.4 is 4.72 Å². The van der Waals surface area contributed by atoms with Gasteiger partial charge in [0.25, 0.3) is 6.43 Å². The van der Waals surface area contributed by atoms with Gasteiger partial charge in [0.15, 0.2) is 11.6 Å². The van der Waals surface area contributed by atoms with Gasteiger partial charge in [-0.25, -0.2) is 35.5 Å². The van der Waals surface area contributed by atoms with E-state index in [9.17, 15) is 30.8 Å². The quantitative estimate of drug-likeness (QED) is 0.801. The van der Waals surface area contributed by atoms with Crippen molar-refractivity contribution in [1.82, 2.24) is 4.72 Å². The van der Waals surface area contributed by atoms with Gasteiger partial charge in [0.05, 0.1) is 12.1 Å². The predicted octanol–water partition coefficient (Wildman–Crippen LogP) is 1.21. The van der Waals surface area contributed by atoms with Gasteiger partial charge in [0.2, 0.25) is 10.0 Å². The number of hydrogen-bond donors (Lipinski definition) is 2. The molecule has 1 aromatic rings. The number of alkyl halides is 2. The summed E-state index contributed by atoms with van der Waals surface area (Å²) in [6.45, 7) is -1.30. The summed E-state index contributed by atoms with van der Waals surface area (Å²) in [4.78, 5) is 9.24. The molecule has 0 heterocycles. The average molecular weight is 301 g/mol. The zero-order valence-electron chi connectivity index (χ0n) is 9.03. The molecule has 0 bridgehead atoms. The van der Waals surface area contributed by atoms with Crippen LogP contribution in [0.5, 0.6) is 0 Å². The third-order valence-corrected chi connectivity index (χ3v) is 3.38. The van der Waals surface area contributed by atoms with Crippen molar-refractivity contribution in [1.29, 1.82) is 0 Å². The molecule has 0 fully saturated rings. The Balaban J connectivity index is 3.29. The maximum absolute atomic E-state index is 13.3. The smallest absolute Gasteiger partial charge is 0.335 e. The van der Waals surface area contributed by atoms with Crippen LogP contribution in [0.25, 0.3) is 0 Å². The maximum Gasteiger partial charge on any atom is 0.335 e. The molecule has 10 heteroatoms. The number of halogens is 4. The number of carbonyl (C=O) groups is 1. The Morgan fingerprint density at radius 2 is 1.89 bits per heavy atom. The highest BCUT2D eigenvalue weighted by atomic mass is 32.2. The molecule has 0 radical (unpaired) electrons. The fraction of sp³-hybridized carbons (Fsp3) is 0.222. The van der Waals surface area contributed by atoms with Gasteiger partial charge in [-0.2, -0.15) is 0 Å². The van der Waals surface area contributed by atoms with E-state index in [1.54, 1.807) is 0 Å². The number of nitrogens with one attached hydrogen (secondary N) is 1. The lowest BCUT2D eigenvalue weighted by atomic mass is 10.2. The summed E-state index contributed by atoms with van der Waals surface area (Å²) in [6.07, 6.45) is -3.04. The molecule has 0 unspecified atom stereocenters. The Kier molecular flexibility index (Phi) is 4.48. The largest absolute Gasteiger partial charge is 0.478 e. The molecule has 0 saturated carbocycles. The topological polar surface area (TPSA) is 83.5 Å². The lowest BCUT2D eigenvalue weighted by Crippen LogP contribution is -2.29. The molecule has 0 aliphatic heterocycles. The second-order valence-electron chi connectivity index (χ2n) is 3.32. The molecule has 2 N–H and O–H groups in total. The summed E-state index contributed by atoms with van der Waals surface area (Å²) >= 11 is 0. The molecule has 106 valence electrons. The number of hydrogen-bond acceptors (Lipinski definition) is 3. The van der Waals surface area contributed by atoms with E-state index < -0.39 is 51.1 Å². The van der Waals surface area contributed by atoms with Gasteiger partial charge >= 0.3 is 5.97 Å². The van der Waals surface area contributed by atoms with Crippen LogP contribution in [0.15, 0.2) is 17.0 Å². The zero-order valence-corrected chi connectivity index (χ0v) is 9.85. The molecule has 0 aromatic heterocycles. The molecule has 5 nitrogen and oxygen atoms in total. The van der Waals surface area contributed by atoms with E-state index in [0.717, 1.165) is 0 Å². The van der Waals surface area contributed by atoms with Crippen LogP contribution >= 0.6 is 0 Å². The molecule has 19 heavy (non-hydrogen) atoms. The minimum Gasteiger partial charge on any atom is -0.478 e. The Morgan fingerprint density at radius 1 is 1.32 bits per heavy atom. The van der Waals surface area contributed by atoms with E-state index in [-0.39, 0.29) is 6.07 Å². The summed E-state index contributed by atoms with van der Waals surface area (Å²) in [5.41, 5.74) is -0.823. The van der Waals surface area contributed by atoms with Crippen molar-refractivity contribution in [2.75, 3.05) is 6.54 Å². The van der Waals surface area contributed by atoms with Crippen molar-refractivity contribution >= 4 is 16.0 Å². The maximum atomic E-state index is 13.3. The first-order valence-corrected chi connectivity index (χ1v) is 6.13. The van der Waals surface area contributed by atoms with Crippen LogP contribution in [-0.2, 0) is 10.0 Å². The molecular weight excluding hydrogens is 294 g/mol. The standard InChI is InChI=1S/C9H7F4NO4S/c10-5-1-4(9(15)16)2-6(8(5)13)19(17,18)14-3-7(11)12/h1-2,7,14H,3H2,(H,15,16). The summed E-state index contributed by atoms with van der Waals surface area (Å²) in [5, 5.41) is 8.58. The van der Waals surface area contributed by atoms with Crippen molar-refractivity contribution in [2.24, 2.45) is 0 Å². The fourth-order valence-corrected chi connectivity index (χ4v) is 2.25. The molecule has 0 atom stereocenters. The number of carboxylic acid groups (broad SMARTS) is 1. The first kappa shape index (κ1) is 15.4. The van der Waals surface area contributed by atoms with Gasteiger partial charge in [0, 0.05) is 0 Å². The first-order chi connectivity index (χ1) is 8.65. The van der Waals surface area contributed by atoms with Crippen LogP contribution in [0.4, 0.5) is 17.6 Å². The number of aromatic carboxylic acids is 1. The zero-order chi connectivity index (χ0) is 14.8. The highest BCUT2D eigenvalue weighted by Crippen LogP contribution is 2.20. The van der Waals surface area contributed by atoms with Gasteiger partial charge in [-0.1, -0.05) is 0 Å². The number of sulfonamides is 1. The van der Waals surface area contributed by atoms with E-state index in [2.05, 4.69) is 0 Å². The van der Waals surface area contributed by atoms with Gasteiger partial charge < -0.3 is 5.11 Å². The highest BCUT2D eigenvalue weighted by molar-refractivity contribution is 7.89. The van der Waals surface area contributed by atoms with Crippen LogP contribution in [-0.4, -0.2) is 32.5 Å². The van der Waals surface area contributed by atoms with Crippen LogP contribution in [0.3, 0.4) is 0 Å². The molecule has 0 aliphatic carbocycles. The molecule has 1 rings (SSSR count). The monoisotopic (exact) mass is 301 g/mol. The molecule has 0 aliphatic rings. The average Bonchev–Trinajstić information content (AvgIpc) is 2.29. The van der Waals surface area contributed by atoms with Crippen molar-refractivity contribution in [2.45, 2.75) is 11.3 Å². The highest BCUT2D eigenvalue weighted by Gasteiger charge is 2.25. The van der Waals surface area contributed by atoms with E-state index in [1.165, 1.54) is 4.72 Å². The SMILES string of the molecule is O=C(O)c1cc(F)c(F)c(S(=O)(=O)NCC(F)F)c1. The number of carboxylic acids is 1. The van der Waals surface area contributed by atoms with Crippen LogP contribution in [0.2, 0.25) is 0 Å². The van der Waals surface area contributed by atoms with Crippen LogP contribution in [0, 0.1) is 11.6 Å². The Hall–Kier alpha value is -1.68. The van der Waals surface area contributed by atoms with Gasteiger partial charge in [-0.3, -0.25) is 0 Å². The first-order valence-electron chi connectivity index (χ1n) is 4.65. The minimum absolute atomic E-state index is 0.282. The fourth-order valence-electron chi connectivity index (χ4n) is 1.13. The summed E-state index contributed by atoms with van der Waals surface area (Å²) in [7, 11) is -4.77. The van der Waals surface area contributed by atoms with E-state index in [4.69, 9.17) is 5.11 Å². The minimum atomic E-state index is -4.77. The number of rotatable bonds is 5. The lowest BCUT2D eigenvalue weighted by molar-refractivity contribution is 0.0695.